The fourth-order valence-electron chi connectivity index (χ4n) is 2.79. The third kappa shape index (κ3) is 7.09. The molecule has 0 saturated carbocycles. The van der Waals surface area contributed by atoms with Crippen molar-refractivity contribution in [1.82, 2.24) is 4.90 Å². The zero-order valence-corrected chi connectivity index (χ0v) is 18.0. The number of hydrogen-bond acceptors (Lipinski definition) is 5. The molecule has 9 nitrogen and oxygen atoms in total. The fourth-order valence-corrected chi connectivity index (χ4v) is 2.96. The summed E-state index contributed by atoms with van der Waals surface area (Å²) in [5, 5.41) is 5.87. The molecule has 0 saturated heterocycles. The molecule has 0 aromatic heterocycles. The summed E-state index contributed by atoms with van der Waals surface area (Å²) in [7, 11) is 0. The maximum absolute atomic E-state index is 12.4. The summed E-state index contributed by atoms with van der Waals surface area (Å²) in [6.07, 6.45) is 0. The van der Waals surface area contributed by atoms with Gasteiger partial charge in [0.25, 0.3) is 0 Å². The standard InChI is InChI=1S/C21H24ClN5O4/c1-3-27(11-19(29)26-17-9-15(22)5-4-12(17)2)10-18(28)25-16-7-13(20(23)30)6-14(8-16)21(24)31/h4-9H,3,10-11H2,1-2H3,(H2,23,30)(H2,24,31)(H,25,28)(H,26,29). The first-order valence-corrected chi connectivity index (χ1v) is 9.79. The highest BCUT2D eigenvalue weighted by Crippen LogP contribution is 2.20. The van der Waals surface area contributed by atoms with Crippen molar-refractivity contribution in [2.24, 2.45) is 11.5 Å². The number of benzene rings is 2. The number of carbonyl (C=O) groups excluding carboxylic acids is 4. The Labute approximate surface area is 184 Å². The van der Waals surface area contributed by atoms with Crippen molar-refractivity contribution < 1.29 is 19.2 Å². The molecule has 0 fully saturated rings. The lowest BCUT2D eigenvalue weighted by Crippen LogP contribution is -2.38. The van der Waals surface area contributed by atoms with Crippen LogP contribution in [-0.4, -0.2) is 48.2 Å². The molecule has 0 unspecified atom stereocenters. The lowest BCUT2D eigenvalue weighted by atomic mass is 10.1. The first kappa shape index (κ1) is 23.8. The number of nitrogens with zero attached hydrogens (tertiary/aromatic N) is 1. The van der Waals surface area contributed by atoms with E-state index in [0.717, 1.165) is 5.56 Å². The van der Waals surface area contributed by atoms with Crippen molar-refractivity contribution in [3.63, 3.8) is 0 Å². The van der Waals surface area contributed by atoms with Crippen LogP contribution >= 0.6 is 11.6 Å². The molecule has 0 atom stereocenters. The number of primary amides is 2. The van der Waals surface area contributed by atoms with Crippen molar-refractivity contribution >= 4 is 46.6 Å². The average molecular weight is 446 g/mol. The van der Waals surface area contributed by atoms with Crippen molar-refractivity contribution in [1.29, 1.82) is 0 Å². The summed E-state index contributed by atoms with van der Waals surface area (Å²) in [5.41, 5.74) is 12.2. The summed E-state index contributed by atoms with van der Waals surface area (Å²) in [4.78, 5) is 49.4. The van der Waals surface area contributed by atoms with Gasteiger partial charge in [-0.15, -0.1) is 0 Å². The summed E-state index contributed by atoms with van der Waals surface area (Å²) >= 11 is 5.97. The number of nitrogens with one attached hydrogen (secondary N) is 2. The molecular weight excluding hydrogens is 422 g/mol. The fraction of sp³-hybridized carbons (Fsp3) is 0.238. The van der Waals surface area contributed by atoms with Gasteiger partial charge in [0.2, 0.25) is 23.6 Å². The largest absolute Gasteiger partial charge is 0.366 e. The topological polar surface area (TPSA) is 148 Å². The Balaban J connectivity index is 2.03. The van der Waals surface area contributed by atoms with Gasteiger partial charge < -0.3 is 22.1 Å². The molecule has 6 N–H and O–H groups in total. The summed E-state index contributed by atoms with van der Waals surface area (Å²) in [6, 6.07) is 9.12. The summed E-state index contributed by atoms with van der Waals surface area (Å²) < 4.78 is 0. The van der Waals surface area contributed by atoms with Gasteiger partial charge in [-0.05, 0) is 49.4 Å². The first-order chi connectivity index (χ1) is 14.6. The average Bonchev–Trinajstić information content (AvgIpc) is 2.69. The molecule has 0 bridgehead atoms. The zero-order chi connectivity index (χ0) is 23.1. The molecular formula is C21H24ClN5O4. The van der Waals surface area contributed by atoms with E-state index < -0.39 is 17.7 Å². The van der Waals surface area contributed by atoms with Gasteiger partial charge >= 0.3 is 0 Å². The van der Waals surface area contributed by atoms with Crippen LogP contribution in [0.4, 0.5) is 11.4 Å². The van der Waals surface area contributed by atoms with Crippen LogP contribution in [0.25, 0.3) is 0 Å². The van der Waals surface area contributed by atoms with E-state index in [1.165, 1.54) is 18.2 Å². The van der Waals surface area contributed by atoms with Crippen molar-refractivity contribution in [3.8, 4) is 0 Å². The molecule has 0 aliphatic heterocycles. The monoisotopic (exact) mass is 445 g/mol. The molecule has 2 aromatic rings. The van der Waals surface area contributed by atoms with Gasteiger partial charge in [0.15, 0.2) is 0 Å². The van der Waals surface area contributed by atoms with E-state index in [1.54, 1.807) is 23.1 Å². The Morgan fingerprint density at radius 2 is 1.45 bits per heavy atom. The van der Waals surface area contributed by atoms with Gasteiger partial charge in [0.05, 0.1) is 13.1 Å². The molecule has 0 aliphatic carbocycles. The second kappa shape index (κ2) is 10.6. The second-order valence-corrected chi connectivity index (χ2v) is 7.32. The molecule has 0 heterocycles. The van der Waals surface area contributed by atoms with Gasteiger partial charge in [0.1, 0.15) is 0 Å². The zero-order valence-electron chi connectivity index (χ0n) is 17.2. The quantitative estimate of drug-likeness (QED) is 0.464. The van der Waals surface area contributed by atoms with Crippen LogP contribution in [0.1, 0.15) is 33.2 Å². The SMILES string of the molecule is CCN(CC(=O)Nc1cc(C(N)=O)cc(C(N)=O)c1)CC(=O)Nc1cc(Cl)ccc1C. The molecule has 2 aromatic carbocycles. The van der Waals surface area contributed by atoms with Crippen LogP contribution in [0.5, 0.6) is 0 Å². The van der Waals surface area contributed by atoms with Crippen LogP contribution in [0.15, 0.2) is 36.4 Å². The number of rotatable bonds is 9. The highest BCUT2D eigenvalue weighted by molar-refractivity contribution is 6.31. The minimum absolute atomic E-state index is 0.0241. The van der Waals surface area contributed by atoms with Gasteiger partial charge in [-0.25, -0.2) is 0 Å². The Morgan fingerprint density at radius 3 is 1.97 bits per heavy atom. The Hall–Kier alpha value is -3.43. The number of amides is 4. The first-order valence-electron chi connectivity index (χ1n) is 9.42. The van der Waals surface area contributed by atoms with Crippen LogP contribution in [-0.2, 0) is 9.59 Å². The number of carbonyl (C=O) groups is 4. The lowest BCUT2D eigenvalue weighted by molar-refractivity contribution is -0.119. The second-order valence-electron chi connectivity index (χ2n) is 6.89. The molecule has 10 heteroatoms. The van der Waals surface area contributed by atoms with Crippen molar-refractivity contribution in [2.45, 2.75) is 13.8 Å². The van der Waals surface area contributed by atoms with Crippen molar-refractivity contribution in [2.75, 3.05) is 30.3 Å². The third-order valence-corrected chi connectivity index (χ3v) is 4.68. The normalized spacial score (nSPS) is 10.6. The summed E-state index contributed by atoms with van der Waals surface area (Å²) in [5.74, 6) is -2.26. The van der Waals surface area contributed by atoms with E-state index in [1.807, 2.05) is 13.8 Å². The number of hydrogen-bond donors (Lipinski definition) is 4. The maximum Gasteiger partial charge on any atom is 0.248 e. The molecule has 0 aliphatic rings. The van der Waals surface area contributed by atoms with E-state index >= 15 is 0 Å². The molecule has 0 radical (unpaired) electrons. The van der Waals surface area contributed by atoms with Gasteiger partial charge in [0, 0.05) is 27.5 Å². The van der Waals surface area contributed by atoms with Gasteiger partial charge in [-0.2, -0.15) is 0 Å². The maximum atomic E-state index is 12.4. The molecule has 31 heavy (non-hydrogen) atoms. The number of halogens is 1. The number of likely N-dealkylation sites (N-methyl/N-ethyl adjacent to an activating group) is 1. The number of nitrogens with two attached hydrogens (primary N) is 2. The molecule has 164 valence electrons. The predicted molar refractivity (Wildman–Crippen MR) is 119 cm³/mol. The van der Waals surface area contributed by atoms with Crippen LogP contribution in [0, 0.1) is 6.92 Å². The van der Waals surface area contributed by atoms with Gasteiger partial charge in [-0.1, -0.05) is 24.6 Å². The number of aryl methyl sites for hydroxylation is 1. The molecule has 2 rings (SSSR count). The van der Waals surface area contributed by atoms with Crippen LogP contribution in [0.3, 0.4) is 0 Å². The number of anilines is 2. The minimum Gasteiger partial charge on any atom is -0.366 e. The Kier molecular flexibility index (Phi) is 8.12. The smallest absolute Gasteiger partial charge is 0.248 e. The van der Waals surface area contributed by atoms with Crippen LogP contribution < -0.4 is 22.1 Å². The highest BCUT2D eigenvalue weighted by Gasteiger charge is 2.16. The van der Waals surface area contributed by atoms with Crippen LogP contribution in [0.2, 0.25) is 5.02 Å². The molecule has 4 amide bonds. The molecule has 0 spiro atoms. The highest BCUT2D eigenvalue weighted by atomic mass is 35.5. The third-order valence-electron chi connectivity index (χ3n) is 4.44. The van der Waals surface area contributed by atoms with E-state index in [0.29, 0.717) is 17.3 Å². The Morgan fingerprint density at radius 1 is 0.903 bits per heavy atom. The van der Waals surface area contributed by atoms with E-state index in [2.05, 4.69) is 10.6 Å². The summed E-state index contributed by atoms with van der Waals surface area (Å²) in [6.45, 7) is 3.97. The van der Waals surface area contributed by atoms with E-state index in [4.69, 9.17) is 23.1 Å². The van der Waals surface area contributed by atoms with Crippen molar-refractivity contribution in [3.05, 3.63) is 58.1 Å². The van der Waals surface area contributed by atoms with Gasteiger partial charge in [-0.3, -0.25) is 24.1 Å². The van der Waals surface area contributed by atoms with E-state index in [-0.39, 0.29) is 35.8 Å². The Bertz CT molecular complexity index is 993. The lowest BCUT2D eigenvalue weighted by Gasteiger charge is -2.20. The minimum atomic E-state index is -0.762. The van der Waals surface area contributed by atoms with E-state index in [9.17, 15) is 19.2 Å². The predicted octanol–water partition coefficient (Wildman–Crippen LogP) is 1.75.